The minimum Gasteiger partial charge on any atom is -0.379 e. The third-order valence-corrected chi connectivity index (χ3v) is 4.69. The summed E-state index contributed by atoms with van der Waals surface area (Å²) >= 11 is 0. The average molecular weight is 344 g/mol. The number of carbonyl (C=O) groups excluding carboxylic acids is 1. The van der Waals surface area contributed by atoms with Gasteiger partial charge in [0.2, 0.25) is 5.91 Å². The van der Waals surface area contributed by atoms with Crippen LogP contribution in [0.25, 0.3) is 11.0 Å². The smallest absolute Gasteiger partial charge is 0.221 e. The number of rotatable bonds is 8. The van der Waals surface area contributed by atoms with Gasteiger partial charge in [-0.25, -0.2) is 4.98 Å². The van der Waals surface area contributed by atoms with E-state index in [1.54, 1.807) is 0 Å². The van der Waals surface area contributed by atoms with Crippen LogP contribution in [-0.2, 0) is 22.5 Å². The van der Waals surface area contributed by atoms with Gasteiger partial charge in [0.25, 0.3) is 0 Å². The van der Waals surface area contributed by atoms with Crippen LogP contribution in [0.1, 0.15) is 25.6 Å². The predicted molar refractivity (Wildman–Crippen MR) is 98.6 cm³/mol. The Bertz CT molecular complexity index is 692. The number of imidazole rings is 1. The minimum atomic E-state index is 0.113. The lowest BCUT2D eigenvalue weighted by Gasteiger charge is -2.26. The summed E-state index contributed by atoms with van der Waals surface area (Å²) in [6.07, 6.45) is 2.35. The Morgan fingerprint density at radius 3 is 2.84 bits per heavy atom. The molecule has 1 fully saturated rings. The van der Waals surface area contributed by atoms with Gasteiger partial charge in [-0.2, -0.15) is 0 Å². The number of aryl methyl sites for hydroxylation is 2. The summed E-state index contributed by atoms with van der Waals surface area (Å²) < 4.78 is 7.51. The van der Waals surface area contributed by atoms with Crippen LogP contribution in [0.4, 0.5) is 0 Å². The molecule has 1 aromatic carbocycles. The molecule has 0 atom stereocenters. The van der Waals surface area contributed by atoms with Crippen LogP contribution >= 0.6 is 0 Å². The molecule has 6 heteroatoms. The van der Waals surface area contributed by atoms with E-state index in [9.17, 15) is 4.79 Å². The third kappa shape index (κ3) is 4.80. The quantitative estimate of drug-likeness (QED) is 0.742. The first-order chi connectivity index (χ1) is 12.3. The van der Waals surface area contributed by atoms with Crippen LogP contribution in [0.2, 0.25) is 0 Å². The first-order valence-corrected chi connectivity index (χ1v) is 9.29. The highest BCUT2D eigenvalue weighted by Gasteiger charge is 2.11. The summed E-state index contributed by atoms with van der Waals surface area (Å²) in [4.78, 5) is 19.2. The summed E-state index contributed by atoms with van der Waals surface area (Å²) in [5.41, 5.74) is 2.12. The number of para-hydroxylation sites is 2. The van der Waals surface area contributed by atoms with Crippen molar-refractivity contribution >= 4 is 16.9 Å². The van der Waals surface area contributed by atoms with Crippen LogP contribution in [0.3, 0.4) is 0 Å². The Morgan fingerprint density at radius 1 is 1.24 bits per heavy atom. The van der Waals surface area contributed by atoms with E-state index in [4.69, 9.17) is 4.74 Å². The van der Waals surface area contributed by atoms with E-state index < -0.39 is 0 Å². The molecule has 136 valence electrons. The van der Waals surface area contributed by atoms with E-state index in [-0.39, 0.29) is 5.91 Å². The van der Waals surface area contributed by atoms with Crippen LogP contribution in [0.5, 0.6) is 0 Å². The van der Waals surface area contributed by atoms with Gasteiger partial charge < -0.3 is 14.6 Å². The number of aromatic nitrogens is 2. The van der Waals surface area contributed by atoms with Gasteiger partial charge in [-0.1, -0.05) is 19.1 Å². The standard InChI is InChI=1S/C19H28N4O2/c1-2-18-21-16-6-3-4-7-17(16)23(18)11-8-19(24)20-9-5-10-22-12-14-25-15-13-22/h3-4,6-7H,2,5,8-15H2,1H3,(H,20,24). The molecule has 1 N–H and O–H groups in total. The average Bonchev–Trinajstić information content (AvgIpc) is 3.02. The molecule has 0 saturated carbocycles. The van der Waals surface area contributed by atoms with E-state index in [1.165, 1.54) is 0 Å². The van der Waals surface area contributed by atoms with Crippen molar-refractivity contribution in [3.05, 3.63) is 30.1 Å². The SMILES string of the molecule is CCc1nc2ccccc2n1CCC(=O)NCCCN1CCOCC1. The highest BCUT2D eigenvalue weighted by atomic mass is 16.5. The Kier molecular flexibility index (Phi) is 6.42. The number of benzene rings is 1. The molecule has 1 aliphatic rings. The molecule has 1 amide bonds. The fourth-order valence-corrected chi connectivity index (χ4v) is 3.30. The van der Waals surface area contributed by atoms with Gasteiger partial charge in [-0.15, -0.1) is 0 Å². The number of fused-ring (bicyclic) bond motifs is 1. The van der Waals surface area contributed by atoms with E-state index in [0.717, 1.165) is 69.1 Å². The van der Waals surface area contributed by atoms with Crippen molar-refractivity contribution in [1.82, 2.24) is 19.8 Å². The topological polar surface area (TPSA) is 59.4 Å². The molecular weight excluding hydrogens is 316 g/mol. The maximum Gasteiger partial charge on any atom is 0.221 e. The lowest BCUT2D eigenvalue weighted by atomic mass is 10.3. The number of carbonyl (C=O) groups is 1. The lowest BCUT2D eigenvalue weighted by molar-refractivity contribution is -0.121. The molecule has 0 spiro atoms. The van der Waals surface area contributed by atoms with E-state index >= 15 is 0 Å². The van der Waals surface area contributed by atoms with E-state index in [2.05, 4.69) is 32.8 Å². The van der Waals surface area contributed by atoms with Crippen molar-refractivity contribution in [1.29, 1.82) is 0 Å². The van der Waals surface area contributed by atoms with E-state index in [1.807, 2.05) is 18.2 Å². The molecular formula is C19H28N4O2. The Hall–Kier alpha value is -1.92. The second kappa shape index (κ2) is 8.97. The minimum absolute atomic E-state index is 0.113. The summed E-state index contributed by atoms with van der Waals surface area (Å²) in [5.74, 6) is 1.16. The van der Waals surface area contributed by atoms with Gasteiger partial charge in [0, 0.05) is 39.0 Å². The summed E-state index contributed by atoms with van der Waals surface area (Å²) in [6.45, 7) is 8.19. The number of hydrogen-bond acceptors (Lipinski definition) is 4. The van der Waals surface area contributed by atoms with Gasteiger partial charge in [0.05, 0.1) is 24.2 Å². The molecule has 0 bridgehead atoms. The molecule has 6 nitrogen and oxygen atoms in total. The largest absolute Gasteiger partial charge is 0.379 e. The fraction of sp³-hybridized carbons (Fsp3) is 0.579. The van der Waals surface area contributed by atoms with Gasteiger partial charge >= 0.3 is 0 Å². The second-order valence-electron chi connectivity index (χ2n) is 6.43. The molecule has 0 unspecified atom stereocenters. The highest BCUT2D eigenvalue weighted by Crippen LogP contribution is 2.16. The zero-order chi connectivity index (χ0) is 17.5. The van der Waals surface area contributed by atoms with Gasteiger partial charge in [-0.3, -0.25) is 9.69 Å². The van der Waals surface area contributed by atoms with Crippen LogP contribution in [0.15, 0.2) is 24.3 Å². The van der Waals surface area contributed by atoms with Gasteiger partial charge in [0.1, 0.15) is 5.82 Å². The van der Waals surface area contributed by atoms with Gasteiger partial charge in [0.15, 0.2) is 0 Å². The summed E-state index contributed by atoms with van der Waals surface area (Å²) in [5, 5.41) is 3.04. The van der Waals surface area contributed by atoms with Crippen molar-refractivity contribution in [2.75, 3.05) is 39.4 Å². The van der Waals surface area contributed by atoms with Crippen molar-refractivity contribution in [2.45, 2.75) is 32.7 Å². The van der Waals surface area contributed by atoms with Crippen LogP contribution in [0, 0.1) is 0 Å². The molecule has 2 aromatic rings. The normalized spacial score (nSPS) is 15.6. The number of ether oxygens (including phenoxy) is 1. The van der Waals surface area contributed by atoms with Crippen molar-refractivity contribution < 1.29 is 9.53 Å². The number of nitrogens with one attached hydrogen (secondary N) is 1. The maximum absolute atomic E-state index is 12.1. The fourth-order valence-electron chi connectivity index (χ4n) is 3.30. The third-order valence-electron chi connectivity index (χ3n) is 4.69. The lowest BCUT2D eigenvalue weighted by Crippen LogP contribution is -2.38. The first kappa shape index (κ1) is 17.9. The van der Waals surface area contributed by atoms with Crippen LogP contribution < -0.4 is 5.32 Å². The molecule has 1 saturated heterocycles. The zero-order valence-corrected chi connectivity index (χ0v) is 15.0. The molecule has 2 heterocycles. The van der Waals surface area contributed by atoms with Gasteiger partial charge in [-0.05, 0) is 25.1 Å². The summed E-state index contributed by atoms with van der Waals surface area (Å²) in [7, 11) is 0. The van der Waals surface area contributed by atoms with E-state index in [0.29, 0.717) is 13.0 Å². The Labute approximate surface area is 149 Å². The van der Waals surface area contributed by atoms with Crippen LogP contribution in [-0.4, -0.2) is 59.8 Å². The monoisotopic (exact) mass is 344 g/mol. The number of amides is 1. The Balaban J connectivity index is 1.43. The molecule has 1 aromatic heterocycles. The highest BCUT2D eigenvalue weighted by molar-refractivity contribution is 5.78. The number of morpholine rings is 1. The summed E-state index contributed by atoms with van der Waals surface area (Å²) in [6, 6.07) is 8.12. The molecule has 25 heavy (non-hydrogen) atoms. The maximum atomic E-state index is 12.1. The van der Waals surface area contributed by atoms with Crippen molar-refractivity contribution in [3.8, 4) is 0 Å². The second-order valence-corrected chi connectivity index (χ2v) is 6.43. The predicted octanol–water partition coefficient (Wildman–Crippen LogP) is 1.83. The molecule has 1 aliphatic heterocycles. The molecule has 0 radical (unpaired) electrons. The van der Waals surface area contributed by atoms with Crippen molar-refractivity contribution in [2.24, 2.45) is 0 Å². The first-order valence-electron chi connectivity index (χ1n) is 9.29. The van der Waals surface area contributed by atoms with Crippen molar-refractivity contribution in [3.63, 3.8) is 0 Å². The molecule has 0 aliphatic carbocycles. The zero-order valence-electron chi connectivity index (χ0n) is 15.0. The number of nitrogens with zero attached hydrogens (tertiary/aromatic N) is 3. The Morgan fingerprint density at radius 2 is 2.04 bits per heavy atom. The number of hydrogen-bond donors (Lipinski definition) is 1. The molecule has 3 rings (SSSR count).